The summed E-state index contributed by atoms with van der Waals surface area (Å²) in [7, 11) is 1.63. The molecular weight excluding hydrogens is 1180 g/mol. The van der Waals surface area contributed by atoms with Gasteiger partial charge in [-0.15, -0.1) is 0 Å². The number of carbonyl (C=O) groups is 7. The molecule has 26 heteroatoms. The molecule has 7 amide bonds. The van der Waals surface area contributed by atoms with E-state index in [9.17, 15) is 33.6 Å². The summed E-state index contributed by atoms with van der Waals surface area (Å²) in [4.78, 5) is 99.9. The summed E-state index contributed by atoms with van der Waals surface area (Å²) in [6.45, 7) is 12.1. The Morgan fingerprint density at radius 2 is 1.22 bits per heavy atom. The van der Waals surface area contributed by atoms with Gasteiger partial charge in [-0.3, -0.25) is 38.7 Å². The highest BCUT2D eigenvalue weighted by molar-refractivity contribution is 6.07. The number of nitrogens with zero attached hydrogens (tertiary/aromatic N) is 5. The molecule has 4 aromatic rings. The number of carboxylic acid groups (broad SMARTS) is 1. The molecule has 0 fully saturated rings. The van der Waals surface area contributed by atoms with Gasteiger partial charge >= 0.3 is 12.0 Å². The number of carboxylic acids is 1. The Balaban J connectivity index is 0.00000744. The minimum absolute atomic E-state index is 0.118. The molecule has 0 radical (unpaired) electrons. The number of anilines is 1. The fraction of sp³-hybridized carbons (Fsp3) is 0.569. The van der Waals surface area contributed by atoms with Gasteiger partial charge in [0.2, 0.25) is 23.6 Å². The lowest BCUT2D eigenvalue weighted by Gasteiger charge is -2.30. The molecule has 2 aromatic carbocycles. The average Bonchev–Trinajstić information content (AvgIpc) is 1.39. The predicted octanol–water partition coefficient (Wildman–Crippen LogP) is 5.51. The summed E-state index contributed by atoms with van der Waals surface area (Å²) >= 11 is 0. The molecule has 500 valence electrons. The lowest BCUT2D eigenvalue weighted by molar-refractivity contribution is -0.139. The topological polar surface area (TPSA) is 318 Å². The van der Waals surface area contributed by atoms with E-state index in [-0.39, 0.29) is 50.1 Å². The fourth-order valence-electron chi connectivity index (χ4n) is 9.61. The first-order chi connectivity index (χ1) is 44.5. The summed E-state index contributed by atoms with van der Waals surface area (Å²) in [5.41, 5.74) is 5.94. The van der Waals surface area contributed by atoms with E-state index in [4.69, 9.17) is 48.1 Å². The quantitative estimate of drug-likeness (QED) is 0.0297. The van der Waals surface area contributed by atoms with Crippen molar-refractivity contribution in [3.8, 4) is 0 Å². The van der Waals surface area contributed by atoms with Crippen LogP contribution in [0.4, 0.5) is 10.5 Å². The number of benzene rings is 2. The minimum Gasteiger partial charge on any atom is -0.481 e. The van der Waals surface area contributed by atoms with Crippen LogP contribution in [-0.2, 0) is 79.8 Å². The first-order valence-corrected chi connectivity index (χ1v) is 31.6. The van der Waals surface area contributed by atoms with Crippen molar-refractivity contribution in [1.82, 2.24) is 41.1 Å². The van der Waals surface area contributed by atoms with Gasteiger partial charge in [-0.1, -0.05) is 57.0 Å². The standard InChI is InChI=1S/C63H88N10O16.C2H6/c1-82-28-29-84-32-33-86-36-37-88-40-41-89-39-38-87-35-34-85-31-30-83-27-21-58(75)66-22-6-4-12-55(70-59(76)44-68-57(74)18-19-60(77)78)61(79)67-23-5-2-3-7-26-73-62(80)53(51-10-8-13-54-52(51)11-9-24-65-54)42-56(71-73)47-14-16-50(17-15-47)69-63(81)72-45-48-20-25-64-43-49(48)46-72;1-2/h8-11,13-17,20,24-25,43,53,55H,2-7,12,18-19,21-23,26-42,44-46H2,1H3,(H,66,75)(H,67,79)(H,68,74)(H,69,81)(H,70,76)(H,77,78);1-2H3/t53?,55-;/m0./s1. The van der Waals surface area contributed by atoms with Gasteiger partial charge in [-0.25, -0.2) is 9.80 Å². The minimum atomic E-state index is -1.14. The SMILES string of the molecule is CC.COCCOCCOCCOCCOCCOCCOCCOCCC(=O)NCCCC[C@H](NC(=O)CNC(=O)CCC(=O)O)C(=O)NCCCCCCN1N=C(c2ccc(NC(=O)N3Cc4ccncc4C3)cc2)CC(c2cccc3ncccc23)C1=O. The van der Waals surface area contributed by atoms with Crippen LogP contribution in [0.1, 0.15) is 113 Å². The van der Waals surface area contributed by atoms with Crippen LogP contribution < -0.4 is 26.6 Å². The molecule has 1 unspecified atom stereocenters. The van der Waals surface area contributed by atoms with Crippen molar-refractivity contribution < 1.29 is 76.6 Å². The van der Waals surface area contributed by atoms with Crippen LogP contribution in [0.15, 0.2) is 84.4 Å². The van der Waals surface area contributed by atoms with Gasteiger partial charge in [0.05, 0.1) is 129 Å². The molecule has 0 aliphatic carbocycles. The van der Waals surface area contributed by atoms with Gasteiger partial charge in [0.15, 0.2) is 0 Å². The molecule has 2 aliphatic rings. The summed E-state index contributed by atoms with van der Waals surface area (Å²) in [5, 5.41) is 30.1. The third-order valence-electron chi connectivity index (χ3n) is 14.4. The highest BCUT2D eigenvalue weighted by Gasteiger charge is 2.34. The second kappa shape index (κ2) is 44.8. The number of methoxy groups -OCH3 is 1. The van der Waals surface area contributed by atoms with E-state index in [1.54, 1.807) is 35.6 Å². The number of carbonyl (C=O) groups excluding carboxylic acids is 6. The van der Waals surface area contributed by atoms with Crippen LogP contribution in [0.25, 0.3) is 10.9 Å². The van der Waals surface area contributed by atoms with E-state index < -0.39 is 42.2 Å². The van der Waals surface area contributed by atoms with E-state index in [2.05, 4.69) is 36.6 Å². The number of rotatable bonds is 46. The Morgan fingerprint density at radius 1 is 0.615 bits per heavy atom. The van der Waals surface area contributed by atoms with Crippen LogP contribution in [-0.4, -0.2) is 211 Å². The molecule has 2 aliphatic heterocycles. The third-order valence-corrected chi connectivity index (χ3v) is 14.4. The van der Waals surface area contributed by atoms with Crippen LogP contribution >= 0.6 is 0 Å². The van der Waals surface area contributed by atoms with Crippen molar-refractivity contribution in [3.05, 3.63) is 102 Å². The summed E-state index contributed by atoms with van der Waals surface area (Å²) in [6, 6.07) is 17.9. The Morgan fingerprint density at radius 3 is 1.87 bits per heavy atom. The number of hydrogen-bond donors (Lipinski definition) is 6. The molecule has 0 saturated carbocycles. The number of urea groups is 1. The number of pyridine rings is 2. The van der Waals surface area contributed by atoms with Crippen molar-refractivity contribution in [1.29, 1.82) is 0 Å². The maximum atomic E-state index is 14.3. The fourth-order valence-corrected chi connectivity index (χ4v) is 9.61. The lowest BCUT2D eigenvalue weighted by atomic mass is 9.86. The zero-order chi connectivity index (χ0) is 65.1. The molecule has 0 bridgehead atoms. The highest BCUT2D eigenvalue weighted by atomic mass is 16.6. The maximum absolute atomic E-state index is 14.3. The van der Waals surface area contributed by atoms with E-state index >= 15 is 0 Å². The molecule has 91 heavy (non-hydrogen) atoms. The zero-order valence-electron chi connectivity index (χ0n) is 53.1. The Bertz CT molecular complexity index is 2820. The lowest BCUT2D eigenvalue weighted by Crippen LogP contribution is -2.49. The van der Waals surface area contributed by atoms with Gasteiger partial charge < -0.3 is 74.5 Å². The van der Waals surface area contributed by atoms with E-state index in [1.807, 2.05) is 74.5 Å². The van der Waals surface area contributed by atoms with Crippen molar-refractivity contribution in [2.45, 2.75) is 110 Å². The largest absolute Gasteiger partial charge is 0.481 e. The number of aliphatic carboxylic acids is 1. The number of hydrogen-bond acceptors (Lipinski definition) is 18. The summed E-state index contributed by atoms with van der Waals surface area (Å²) < 4.78 is 43.2. The molecule has 6 rings (SSSR count). The second-order valence-corrected chi connectivity index (χ2v) is 21.1. The zero-order valence-corrected chi connectivity index (χ0v) is 53.1. The van der Waals surface area contributed by atoms with Gasteiger partial charge in [0.25, 0.3) is 5.91 Å². The average molecular weight is 1270 g/mol. The van der Waals surface area contributed by atoms with Crippen LogP contribution in [0.3, 0.4) is 0 Å². The molecule has 6 N–H and O–H groups in total. The van der Waals surface area contributed by atoms with Crippen molar-refractivity contribution in [3.63, 3.8) is 0 Å². The normalized spacial score (nSPS) is 13.8. The monoisotopic (exact) mass is 1270 g/mol. The van der Waals surface area contributed by atoms with Crippen LogP contribution in [0.2, 0.25) is 0 Å². The molecule has 0 spiro atoms. The maximum Gasteiger partial charge on any atom is 0.322 e. The number of hydrazone groups is 1. The number of unbranched alkanes of at least 4 members (excludes halogenated alkanes) is 4. The number of ether oxygens (including phenoxy) is 8. The third kappa shape index (κ3) is 29.1. The first kappa shape index (κ1) is 74.2. The van der Waals surface area contributed by atoms with Crippen molar-refractivity contribution in [2.24, 2.45) is 5.10 Å². The van der Waals surface area contributed by atoms with Gasteiger partial charge in [-0.05, 0) is 84.7 Å². The number of amides is 7. The highest BCUT2D eigenvalue weighted by Crippen LogP contribution is 2.34. The van der Waals surface area contributed by atoms with E-state index in [0.29, 0.717) is 163 Å². The number of nitrogens with one attached hydrogen (secondary N) is 5. The second-order valence-electron chi connectivity index (χ2n) is 21.1. The Labute approximate surface area is 533 Å². The van der Waals surface area contributed by atoms with Gasteiger partial charge in [-0.2, -0.15) is 5.10 Å². The first-order valence-electron chi connectivity index (χ1n) is 31.6. The van der Waals surface area contributed by atoms with Gasteiger partial charge in [0, 0.05) is 88.8 Å². The molecule has 4 heterocycles. The van der Waals surface area contributed by atoms with Gasteiger partial charge in [0.1, 0.15) is 6.04 Å². The summed E-state index contributed by atoms with van der Waals surface area (Å²) in [6.07, 6.45) is 9.01. The van der Waals surface area contributed by atoms with E-state index in [1.165, 1.54) is 0 Å². The van der Waals surface area contributed by atoms with Crippen LogP contribution in [0.5, 0.6) is 0 Å². The molecular formula is C65H94N10O16. The molecule has 2 aromatic heterocycles. The molecule has 0 saturated heterocycles. The predicted molar refractivity (Wildman–Crippen MR) is 340 cm³/mol. The van der Waals surface area contributed by atoms with Crippen molar-refractivity contribution in [2.75, 3.05) is 138 Å². The smallest absolute Gasteiger partial charge is 0.322 e. The summed E-state index contributed by atoms with van der Waals surface area (Å²) in [5.74, 6) is -3.61. The van der Waals surface area contributed by atoms with E-state index in [0.717, 1.165) is 51.7 Å². The number of fused-ring (bicyclic) bond motifs is 2. The molecule has 26 nitrogen and oxygen atoms in total. The number of aromatic nitrogens is 2. The Hall–Kier alpha value is -7.56. The molecule has 2 atom stereocenters. The Kier molecular flexibility index (Phi) is 36.5. The van der Waals surface area contributed by atoms with Crippen molar-refractivity contribution >= 4 is 63.8 Å². The van der Waals surface area contributed by atoms with Crippen LogP contribution in [0, 0.1) is 0 Å².